The first-order chi connectivity index (χ1) is 11.7. The van der Waals surface area contributed by atoms with Gasteiger partial charge in [-0.2, -0.15) is 0 Å². The van der Waals surface area contributed by atoms with Crippen LogP contribution in [0.5, 0.6) is 0 Å². The number of hydrogen-bond acceptors (Lipinski definition) is 1. The minimum absolute atomic E-state index is 0.239. The van der Waals surface area contributed by atoms with Crippen molar-refractivity contribution in [1.29, 1.82) is 0 Å². The standard InChI is InChI=1S/C22H33NO/c1-3-4-5-6-7-8-9-13-16-21-20(17-18-23(2)22(21)24)19-14-11-10-12-15-19/h10-12,14-15H,3-9,13,16-18H2,1-2H3. The topological polar surface area (TPSA) is 20.3 Å². The highest BCUT2D eigenvalue weighted by molar-refractivity contribution is 6.02. The lowest BCUT2D eigenvalue weighted by Crippen LogP contribution is -2.33. The van der Waals surface area contributed by atoms with Crippen LogP contribution in [0.4, 0.5) is 0 Å². The van der Waals surface area contributed by atoms with Gasteiger partial charge in [0.2, 0.25) is 5.91 Å². The lowest BCUT2D eigenvalue weighted by molar-refractivity contribution is -0.126. The average molecular weight is 328 g/mol. The Balaban J connectivity index is 1.88. The molecule has 0 aromatic heterocycles. The van der Waals surface area contributed by atoms with Gasteiger partial charge in [0, 0.05) is 19.2 Å². The van der Waals surface area contributed by atoms with E-state index in [1.807, 2.05) is 18.0 Å². The Kier molecular flexibility index (Phi) is 8.07. The van der Waals surface area contributed by atoms with E-state index in [2.05, 4.69) is 31.2 Å². The Bertz CT molecular complexity index is 532. The summed E-state index contributed by atoms with van der Waals surface area (Å²) in [6, 6.07) is 10.5. The smallest absolute Gasteiger partial charge is 0.249 e. The Hall–Kier alpha value is -1.57. The van der Waals surface area contributed by atoms with Crippen LogP contribution in [0.15, 0.2) is 35.9 Å². The van der Waals surface area contributed by atoms with Crippen molar-refractivity contribution in [3.8, 4) is 0 Å². The molecule has 2 rings (SSSR count). The fourth-order valence-corrected chi connectivity index (χ4v) is 3.54. The summed E-state index contributed by atoms with van der Waals surface area (Å²) in [4.78, 5) is 14.5. The summed E-state index contributed by atoms with van der Waals surface area (Å²) in [5, 5.41) is 0. The highest BCUT2D eigenvalue weighted by Gasteiger charge is 2.24. The molecule has 1 amide bonds. The summed E-state index contributed by atoms with van der Waals surface area (Å²) in [6.07, 6.45) is 12.4. The summed E-state index contributed by atoms with van der Waals surface area (Å²) in [5.74, 6) is 0.239. The number of nitrogens with zero attached hydrogens (tertiary/aromatic N) is 1. The summed E-state index contributed by atoms with van der Waals surface area (Å²) in [5.41, 5.74) is 3.57. The maximum atomic E-state index is 12.6. The zero-order valence-corrected chi connectivity index (χ0v) is 15.5. The van der Waals surface area contributed by atoms with Gasteiger partial charge in [0.25, 0.3) is 0 Å². The van der Waals surface area contributed by atoms with Gasteiger partial charge in [-0.1, -0.05) is 82.2 Å². The number of carbonyl (C=O) groups is 1. The van der Waals surface area contributed by atoms with Crippen LogP contribution in [0.3, 0.4) is 0 Å². The maximum Gasteiger partial charge on any atom is 0.249 e. The second-order valence-corrected chi connectivity index (χ2v) is 7.02. The molecule has 0 spiro atoms. The highest BCUT2D eigenvalue weighted by Crippen LogP contribution is 2.30. The molecule has 0 aliphatic carbocycles. The van der Waals surface area contributed by atoms with Crippen molar-refractivity contribution >= 4 is 11.5 Å². The van der Waals surface area contributed by atoms with E-state index < -0.39 is 0 Å². The Morgan fingerprint density at radius 2 is 1.54 bits per heavy atom. The summed E-state index contributed by atoms with van der Waals surface area (Å²) >= 11 is 0. The number of carbonyl (C=O) groups excluding carboxylic acids is 1. The number of unbranched alkanes of at least 4 members (excludes halogenated alkanes) is 7. The molecule has 24 heavy (non-hydrogen) atoms. The van der Waals surface area contributed by atoms with Gasteiger partial charge in [-0.05, 0) is 30.4 Å². The van der Waals surface area contributed by atoms with Crippen molar-refractivity contribution in [3.63, 3.8) is 0 Å². The Labute approximate surface area is 147 Å². The molecule has 1 aliphatic rings. The average Bonchev–Trinajstić information content (AvgIpc) is 2.61. The molecule has 0 N–H and O–H groups in total. The van der Waals surface area contributed by atoms with Gasteiger partial charge >= 0.3 is 0 Å². The van der Waals surface area contributed by atoms with E-state index >= 15 is 0 Å². The molecule has 2 nitrogen and oxygen atoms in total. The number of hydrogen-bond donors (Lipinski definition) is 0. The quantitative estimate of drug-likeness (QED) is 0.495. The molecule has 0 fully saturated rings. The van der Waals surface area contributed by atoms with E-state index in [1.54, 1.807) is 0 Å². The zero-order chi connectivity index (χ0) is 17.2. The lowest BCUT2D eigenvalue weighted by Gasteiger charge is -2.28. The SMILES string of the molecule is CCCCCCCCCCC1=C(c2ccccc2)CCN(C)C1=O. The van der Waals surface area contributed by atoms with Gasteiger partial charge in [-0.15, -0.1) is 0 Å². The second-order valence-electron chi connectivity index (χ2n) is 7.02. The van der Waals surface area contributed by atoms with Crippen molar-refractivity contribution in [2.75, 3.05) is 13.6 Å². The third-order valence-electron chi connectivity index (χ3n) is 5.07. The third-order valence-corrected chi connectivity index (χ3v) is 5.07. The van der Waals surface area contributed by atoms with Crippen LogP contribution in [-0.4, -0.2) is 24.4 Å². The van der Waals surface area contributed by atoms with E-state index in [4.69, 9.17) is 0 Å². The number of likely N-dealkylation sites (N-methyl/N-ethyl adjacent to an activating group) is 1. The second kappa shape index (κ2) is 10.3. The maximum absolute atomic E-state index is 12.6. The number of benzene rings is 1. The number of amides is 1. The molecule has 1 aromatic rings. The van der Waals surface area contributed by atoms with Gasteiger partial charge in [0.15, 0.2) is 0 Å². The molecule has 0 saturated carbocycles. The summed E-state index contributed by atoms with van der Waals surface area (Å²) in [6.45, 7) is 3.10. The molecule has 0 radical (unpaired) electrons. The molecular formula is C22H33NO. The summed E-state index contributed by atoms with van der Waals surface area (Å²) < 4.78 is 0. The fraction of sp³-hybridized carbons (Fsp3) is 0.591. The van der Waals surface area contributed by atoms with Crippen LogP contribution < -0.4 is 0 Å². The van der Waals surface area contributed by atoms with Gasteiger partial charge in [0.1, 0.15) is 0 Å². The van der Waals surface area contributed by atoms with Crippen molar-refractivity contribution < 1.29 is 4.79 Å². The lowest BCUT2D eigenvalue weighted by atomic mass is 9.90. The zero-order valence-electron chi connectivity index (χ0n) is 15.5. The first-order valence-electron chi connectivity index (χ1n) is 9.77. The highest BCUT2D eigenvalue weighted by atomic mass is 16.2. The van der Waals surface area contributed by atoms with Crippen LogP contribution in [0, 0.1) is 0 Å². The molecule has 0 saturated heterocycles. The van der Waals surface area contributed by atoms with Crippen molar-refractivity contribution in [2.24, 2.45) is 0 Å². The minimum Gasteiger partial charge on any atom is -0.342 e. The Morgan fingerprint density at radius 3 is 2.21 bits per heavy atom. The monoisotopic (exact) mass is 327 g/mol. The Morgan fingerprint density at radius 1 is 0.917 bits per heavy atom. The van der Waals surface area contributed by atoms with E-state index in [0.29, 0.717) is 0 Å². The molecule has 1 aromatic carbocycles. The van der Waals surface area contributed by atoms with E-state index in [0.717, 1.165) is 31.4 Å². The third kappa shape index (κ3) is 5.51. The van der Waals surface area contributed by atoms with Crippen LogP contribution in [-0.2, 0) is 4.79 Å². The van der Waals surface area contributed by atoms with Gasteiger partial charge in [0.05, 0.1) is 0 Å². The van der Waals surface area contributed by atoms with Crippen LogP contribution in [0.25, 0.3) is 5.57 Å². The normalized spacial score (nSPS) is 15.2. The predicted octanol–water partition coefficient (Wildman–Crippen LogP) is 5.83. The van der Waals surface area contributed by atoms with Gasteiger partial charge < -0.3 is 4.90 Å². The molecule has 2 heteroatoms. The van der Waals surface area contributed by atoms with E-state index in [-0.39, 0.29) is 5.91 Å². The summed E-state index contributed by atoms with van der Waals surface area (Å²) in [7, 11) is 1.93. The van der Waals surface area contributed by atoms with Crippen LogP contribution >= 0.6 is 0 Å². The molecule has 132 valence electrons. The molecule has 0 atom stereocenters. The largest absolute Gasteiger partial charge is 0.342 e. The first-order valence-corrected chi connectivity index (χ1v) is 9.77. The van der Waals surface area contributed by atoms with Gasteiger partial charge in [-0.3, -0.25) is 4.79 Å². The van der Waals surface area contributed by atoms with Crippen LogP contribution in [0.1, 0.15) is 76.7 Å². The van der Waals surface area contributed by atoms with E-state index in [9.17, 15) is 4.79 Å². The molecule has 1 heterocycles. The fourth-order valence-electron chi connectivity index (χ4n) is 3.54. The van der Waals surface area contributed by atoms with Crippen LogP contribution in [0.2, 0.25) is 0 Å². The molecular weight excluding hydrogens is 294 g/mol. The van der Waals surface area contributed by atoms with Crippen molar-refractivity contribution in [3.05, 3.63) is 41.5 Å². The van der Waals surface area contributed by atoms with Crippen molar-refractivity contribution in [2.45, 2.75) is 71.1 Å². The van der Waals surface area contributed by atoms with Gasteiger partial charge in [-0.25, -0.2) is 0 Å². The minimum atomic E-state index is 0.239. The molecule has 0 unspecified atom stereocenters. The van der Waals surface area contributed by atoms with E-state index in [1.165, 1.54) is 56.1 Å². The molecule has 1 aliphatic heterocycles. The first kappa shape index (κ1) is 18.8. The molecule has 0 bridgehead atoms. The van der Waals surface area contributed by atoms with Crippen molar-refractivity contribution in [1.82, 2.24) is 4.90 Å². The predicted molar refractivity (Wildman–Crippen MR) is 103 cm³/mol. The number of rotatable bonds is 10.